The number of pyridine rings is 1. The Labute approximate surface area is 192 Å². The van der Waals surface area contributed by atoms with Crippen molar-refractivity contribution < 1.29 is 9.59 Å². The molecule has 0 unspecified atom stereocenters. The number of allylic oxidation sites excluding steroid dienone is 2. The lowest BCUT2D eigenvalue weighted by Crippen LogP contribution is -2.14. The van der Waals surface area contributed by atoms with Crippen molar-refractivity contribution in [1.29, 1.82) is 0 Å². The summed E-state index contributed by atoms with van der Waals surface area (Å²) < 4.78 is 0. The summed E-state index contributed by atoms with van der Waals surface area (Å²) >= 11 is 6.78. The largest absolute Gasteiger partial charge is 0.340 e. The van der Waals surface area contributed by atoms with Crippen LogP contribution >= 0.6 is 11.6 Å². The van der Waals surface area contributed by atoms with Gasteiger partial charge in [0.2, 0.25) is 6.41 Å². The van der Waals surface area contributed by atoms with Crippen LogP contribution in [0.4, 0.5) is 22.9 Å². The predicted octanol–water partition coefficient (Wildman–Crippen LogP) is 6.50. The van der Waals surface area contributed by atoms with Gasteiger partial charge in [-0.05, 0) is 62.2 Å². The summed E-state index contributed by atoms with van der Waals surface area (Å²) in [6, 6.07) is 16.5. The fourth-order valence-electron chi connectivity index (χ4n) is 3.14. The number of benzene rings is 2. The van der Waals surface area contributed by atoms with Crippen molar-refractivity contribution in [2.75, 3.05) is 16.0 Å². The van der Waals surface area contributed by atoms with Crippen LogP contribution in [-0.4, -0.2) is 17.3 Å². The molecule has 1 heterocycles. The van der Waals surface area contributed by atoms with Gasteiger partial charge in [-0.25, -0.2) is 4.98 Å². The van der Waals surface area contributed by atoms with E-state index in [1.54, 1.807) is 24.3 Å². The molecule has 3 aromatic rings. The molecular formula is C25H25ClN4O2. The van der Waals surface area contributed by atoms with Crippen molar-refractivity contribution in [3.8, 4) is 0 Å². The van der Waals surface area contributed by atoms with E-state index >= 15 is 0 Å². The van der Waals surface area contributed by atoms with Gasteiger partial charge in [-0.2, -0.15) is 0 Å². The van der Waals surface area contributed by atoms with Gasteiger partial charge in [-0.1, -0.05) is 42.3 Å². The average molecular weight is 449 g/mol. The van der Waals surface area contributed by atoms with Gasteiger partial charge in [0.05, 0.1) is 10.6 Å². The molecule has 0 radical (unpaired) electrons. The molecule has 164 valence electrons. The minimum Gasteiger partial charge on any atom is -0.340 e. The molecule has 0 saturated carbocycles. The highest BCUT2D eigenvalue weighted by Crippen LogP contribution is 2.36. The van der Waals surface area contributed by atoms with Crippen molar-refractivity contribution in [2.45, 2.75) is 27.2 Å². The number of rotatable bonds is 8. The van der Waals surface area contributed by atoms with Gasteiger partial charge in [0.15, 0.2) is 0 Å². The summed E-state index contributed by atoms with van der Waals surface area (Å²) in [5.74, 6) is 0.223. The summed E-state index contributed by atoms with van der Waals surface area (Å²) in [5.41, 5.74) is 5.19. The molecule has 0 aliphatic carbocycles. The SMILES string of the molecule is CCC(C)=C(C)c1c(Nc2ccccc2)ncc(C(=O)Nc2ccc(NC=O)cc2)c1Cl. The maximum Gasteiger partial charge on any atom is 0.258 e. The maximum atomic E-state index is 13.0. The topological polar surface area (TPSA) is 83.1 Å². The van der Waals surface area contributed by atoms with E-state index in [4.69, 9.17) is 11.6 Å². The van der Waals surface area contributed by atoms with E-state index in [-0.39, 0.29) is 11.5 Å². The molecule has 7 heteroatoms. The molecule has 0 spiro atoms. The van der Waals surface area contributed by atoms with Gasteiger partial charge in [-0.15, -0.1) is 0 Å². The Hall–Kier alpha value is -3.64. The molecule has 6 nitrogen and oxygen atoms in total. The van der Waals surface area contributed by atoms with E-state index in [2.05, 4.69) is 27.9 Å². The number of halogens is 1. The van der Waals surface area contributed by atoms with E-state index < -0.39 is 0 Å². The molecule has 0 bridgehead atoms. The van der Waals surface area contributed by atoms with Gasteiger partial charge in [0.25, 0.3) is 5.91 Å². The van der Waals surface area contributed by atoms with Crippen molar-refractivity contribution in [3.63, 3.8) is 0 Å². The lowest BCUT2D eigenvalue weighted by atomic mass is 9.99. The first kappa shape index (κ1) is 23.0. The highest BCUT2D eigenvalue weighted by molar-refractivity contribution is 6.36. The molecule has 0 fully saturated rings. The second kappa shape index (κ2) is 10.6. The first-order valence-corrected chi connectivity index (χ1v) is 10.6. The summed E-state index contributed by atoms with van der Waals surface area (Å²) in [6.07, 6.45) is 2.92. The molecule has 1 aromatic heterocycles. The number of nitrogens with zero attached hydrogens (tertiary/aromatic N) is 1. The molecule has 0 saturated heterocycles. The van der Waals surface area contributed by atoms with Crippen LogP contribution in [0, 0.1) is 0 Å². The smallest absolute Gasteiger partial charge is 0.258 e. The Morgan fingerprint density at radius 2 is 1.66 bits per heavy atom. The van der Waals surface area contributed by atoms with Gasteiger partial charge in [0, 0.05) is 28.8 Å². The highest BCUT2D eigenvalue weighted by atomic mass is 35.5. The zero-order valence-corrected chi connectivity index (χ0v) is 19.0. The van der Waals surface area contributed by atoms with Crippen molar-refractivity contribution >= 4 is 52.4 Å². The minimum atomic E-state index is -0.368. The Bertz CT molecular complexity index is 1140. The molecule has 0 atom stereocenters. The molecular weight excluding hydrogens is 424 g/mol. The number of carbonyl (C=O) groups excluding carboxylic acids is 2. The Morgan fingerprint density at radius 3 is 2.28 bits per heavy atom. The second-order valence-electron chi connectivity index (χ2n) is 7.25. The number of amides is 2. The molecule has 3 rings (SSSR count). The molecule has 0 aliphatic heterocycles. The van der Waals surface area contributed by atoms with Crippen molar-refractivity contribution in [2.24, 2.45) is 0 Å². The molecule has 32 heavy (non-hydrogen) atoms. The van der Waals surface area contributed by atoms with Crippen LogP contribution in [0.2, 0.25) is 5.02 Å². The van der Waals surface area contributed by atoms with Gasteiger partial charge < -0.3 is 16.0 Å². The number of hydrogen-bond acceptors (Lipinski definition) is 4. The van der Waals surface area contributed by atoms with E-state index in [0.717, 1.165) is 23.3 Å². The van der Waals surface area contributed by atoms with Crippen LogP contribution in [0.25, 0.3) is 5.57 Å². The Morgan fingerprint density at radius 1 is 1.00 bits per heavy atom. The summed E-state index contributed by atoms with van der Waals surface area (Å²) in [4.78, 5) is 28.1. The lowest BCUT2D eigenvalue weighted by Gasteiger charge is -2.17. The third kappa shape index (κ3) is 5.34. The molecule has 0 aliphatic rings. The number of carbonyl (C=O) groups is 2. The quantitative estimate of drug-likeness (QED) is 0.343. The van der Waals surface area contributed by atoms with Gasteiger partial charge in [-0.3, -0.25) is 9.59 Å². The van der Waals surface area contributed by atoms with E-state index in [9.17, 15) is 9.59 Å². The first-order valence-electron chi connectivity index (χ1n) is 10.2. The van der Waals surface area contributed by atoms with E-state index in [1.807, 2.05) is 44.2 Å². The Balaban J connectivity index is 1.97. The number of aromatic nitrogens is 1. The Kier molecular flexibility index (Phi) is 7.63. The predicted molar refractivity (Wildman–Crippen MR) is 132 cm³/mol. The normalized spacial score (nSPS) is 11.4. The van der Waals surface area contributed by atoms with Crippen molar-refractivity contribution in [3.05, 3.63) is 82.5 Å². The van der Waals surface area contributed by atoms with Crippen LogP contribution in [0.3, 0.4) is 0 Å². The van der Waals surface area contributed by atoms with Crippen molar-refractivity contribution in [1.82, 2.24) is 4.98 Å². The lowest BCUT2D eigenvalue weighted by molar-refractivity contribution is -0.105. The van der Waals surface area contributed by atoms with E-state index in [1.165, 1.54) is 6.20 Å². The second-order valence-corrected chi connectivity index (χ2v) is 7.63. The summed E-state index contributed by atoms with van der Waals surface area (Å²) in [6.45, 7) is 6.10. The highest BCUT2D eigenvalue weighted by Gasteiger charge is 2.20. The average Bonchev–Trinajstić information content (AvgIpc) is 2.80. The number of nitrogens with one attached hydrogen (secondary N) is 3. The van der Waals surface area contributed by atoms with Crippen LogP contribution in [-0.2, 0) is 4.79 Å². The fraction of sp³-hybridized carbons (Fsp3) is 0.160. The van der Waals surface area contributed by atoms with Crippen LogP contribution in [0.15, 0.2) is 66.4 Å². The number of hydrogen-bond donors (Lipinski definition) is 3. The molecule has 3 N–H and O–H groups in total. The zero-order valence-electron chi connectivity index (χ0n) is 18.2. The van der Waals surface area contributed by atoms with Crippen LogP contribution in [0.5, 0.6) is 0 Å². The maximum absolute atomic E-state index is 13.0. The number of para-hydroxylation sites is 1. The monoisotopic (exact) mass is 448 g/mol. The van der Waals surface area contributed by atoms with Gasteiger partial charge in [0.1, 0.15) is 5.82 Å². The number of anilines is 4. The standard InChI is InChI=1S/C25H25ClN4O2/c1-4-16(2)17(3)22-23(26)21(14-27-24(22)29-19-8-6-5-7-9-19)25(32)30-20-12-10-18(11-13-20)28-15-31/h5-15H,4H2,1-3H3,(H,27,29)(H,28,31)(H,30,32). The first-order chi connectivity index (χ1) is 15.4. The zero-order chi connectivity index (χ0) is 23.1. The van der Waals surface area contributed by atoms with Gasteiger partial charge >= 0.3 is 0 Å². The molecule has 2 amide bonds. The molecule has 2 aromatic carbocycles. The third-order valence-corrected chi connectivity index (χ3v) is 5.60. The summed E-state index contributed by atoms with van der Waals surface area (Å²) in [7, 11) is 0. The fourth-order valence-corrected chi connectivity index (χ4v) is 3.50. The third-order valence-electron chi connectivity index (χ3n) is 5.21. The van der Waals surface area contributed by atoms with Crippen LogP contribution in [0.1, 0.15) is 43.1 Å². The summed E-state index contributed by atoms with van der Waals surface area (Å²) in [5, 5.41) is 9.03. The van der Waals surface area contributed by atoms with Crippen LogP contribution < -0.4 is 16.0 Å². The minimum absolute atomic E-state index is 0.277. The van der Waals surface area contributed by atoms with E-state index in [0.29, 0.717) is 34.2 Å².